The summed E-state index contributed by atoms with van der Waals surface area (Å²) in [6.45, 7) is 4.55. The van der Waals surface area contributed by atoms with Crippen LogP contribution in [0.15, 0.2) is 22.7 Å². The molecule has 2 unspecified atom stereocenters. The van der Waals surface area contributed by atoms with E-state index < -0.39 is 0 Å². The van der Waals surface area contributed by atoms with Gasteiger partial charge in [-0.2, -0.15) is 0 Å². The number of halogens is 1. The number of fused-ring (bicyclic) bond motifs is 1. The molecule has 1 spiro atoms. The molecular weight excluding hydrogens is 314 g/mol. The van der Waals surface area contributed by atoms with Gasteiger partial charge < -0.3 is 10.1 Å². The zero-order valence-electron chi connectivity index (χ0n) is 12.4. The third kappa shape index (κ3) is 2.06. The number of nitrogens with one attached hydrogen (secondary N) is 1. The van der Waals surface area contributed by atoms with E-state index in [0.717, 1.165) is 35.0 Å². The van der Waals surface area contributed by atoms with E-state index in [4.69, 9.17) is 10.1 Å². The lowest BCUT2D eigenvalue weighted by atomic mass is 9.63. The number of rotatable bonds is 1. The van der Waals surface area contributed by atoms with Crippen LogP contribution in [0.1, 0.15) is 37.8 Å². The summed E-state index contributed by atoms with van der Waals surface area (Å²) in [5.74, 6) is 1.03. The van der Waals surface area contributed by atoms with E-state index in [2.05, 4.69) is 48.0 Å². The first-order chi connectivity index (χ1) is 9.47. The van der Waals surface area contributed by atoms with Gasteiger partial charge in [0.05, 0.1) is 6.10 Å². The van der Waals surface area contributed by atoms with Crippen molar-refractivity contribution < 1.29 is 4.74 Å². The lowest BCUT2D eigenvalue weighted by Gasteiger charge is -2.44. The normalized spacial score (nSPS) is 36.4. The quantitative estimate of drug-likeness (QED) is 0.808. The van der Waals surface area contributed by atoms with E-state index in [0.29, 0.717) is 17.9 Å². The van der Waals surface area contributed by atoms with Crippen LogP contribution in [0.2, 0.25) is 0 Å². The molecule has 3 rings (SSSR count). The third-order valence-electron chi connectivity index (χ3n) is 5.22. The molecule has 1 aromatic rings. The Hall–Kier alpha value is -0.670. The predicted octanol–water partition coefficient (Wildman–Crippen LogP) is 4.44. The molecule has 0 aliphatic heterocycles. The first kappa shape index (κ1) is 14.3. The van der Waals surface area contributed by atoms with Gasteiger partial charge in [-0.1, -0.05) is 35.8 Å². The van der Waals surface area contributed by atoms with E-state index >= 15 is 0 Å². The van der Waals surface area contributed by atoms with Crippen LogP contribution in [0.25, 0.3) is 0 Å². The molecule has 1 N–H and O–H groups in total. The molecule has 20 heavy (non-hydrogen) atoms. The Balaban J connectivity index is 1.95. The fraction of sp³-hybridized carbons (Fsp3) is 0.588. The molecule has 0 heterocycles. The van der Waals surface area contributed by atoms with Crippen LogP contribution in [0.3, 0.4) is 0 Å². The summed E-state index contributed by atoms with van der Waals surface area (Å²) in [4.78, 5) is 0. The van der Waals surface area contributed by atoms with Crippen LogP contribution in [0, 0.1) is 22.7 Å². The molecule has 108 valence electrons. The van der Waals surface area contributed by atoms with Gasteiger partial charge in [-0.25, -0.2) is 0 Å². The highest BCUT2D eigenvalue weighted by Gasteiger charge is 2.49. The average molecular weight is 336 g/mol. The van der Waals surface area contributed by atoms with Gasteiger partial charge in [0, 0.05) is 28.3 Å². The zero-order valence-corrected chi connectivity index (χ0v) is 14.0. The van der Waals surface area contributed by atoms with E-state index in [1.165, 1.54) is 5.56 Å². The first-order valence-corrected chi connectivity index (χ1v) is 8.17. The Morgan fingerprint density at radius 3 is 2.50 bits per heavy atom. The maximum Gasteiger partial charge on any atom is 0.0623 e. The Bertz CT molecular complexity index is 542. The van der Waals surface area contributed by atoms with Crippen molar-refractivity contribution in [3.8, 4) is 0 Å². The number of benzene rings is 1. The van der Waals surface area contributed by atoms with Gasteiger partial charge in [-0.3, -0.25) is 0 Å². The summed E-state index contributed by atoms with van der Waals surface area (Å²) in [7, 11) is 1.82. The minimum atomic E-state index is 0.0387. The van der Waals surface area contributed by atoms with Crippen molar-refractivity contribution in [2.75, 3.05) is 7.11 Å². The summed E-state index contributed by atoms with van der Waals surface area (Å²) in [5, 5.41) is 8.71. The van der Waals surface area contributed by atoms with Crippen molar-refractivity contribution in [1.29, 1.82) is 5.41 Å². The molecule has 1 saturated carbocycles. The molecule has 2 aliphatic rings. The molecule has 3 heteroatoms. The summed E-state index contributed by atoms with van der Waals surface area (Å²) in [5.41, 5.74) is 3.38. The SMILES string of the molecule is COC1[C@H](C)CC2(Cc3ccc(Br)cc3C2=N)C[C@@H]1C. The molecule has 0 bridgehead atoms. The van der Waals surface area contributed by atoms with Crippen molar-refractivity contribution in [2.45, 2.75) is 39.2 Å². The van der Waals surface area contributed by atoms with Gasteiger partial charge in [0.2, 0.25) is 0 Å². The second-order valence-electron chi connectivity index (χ2n) is 6.70. The molecule has 2 nitrogen and oxygen atoms in total. The average Bonchev–Trinajstić information content (AvgIpc) is 2.63. The largest absolute Gasteiger partial charge is 0.381 e. The summed E-state index contributed by atoms with van der Waals surface area (Å²) in [6.07, 6.45) is 3.51. The number of hydrogen-bond acceptors (Lipinski definition) is 2. The Labute approximate surface area is 129 Å². The Morgan fingerprint density at radius 2 is 1.90 bits per heavy atom. The monoisotopic (exact) mass is 335 g/mol. The lowest BCUT2D eigenvalue weighted by molar-refractivity contribution is -0.0344. The predicted molar refractivity (Wildman–Crippen MR) is 85.5 cm³/mol. The van der Waals surface area contributed by atoms with Gasteiger partial charge in [0.25, 0.3) is 0 Å². The molecular formula is C17H22BrNO. The fourth-order valence-electron chi connectivity index (χ4n) is 4.60. The van der Waals surface area contributed by atoms with Gasteiger partial charge in [0.1, 0.15) is 0 Å². The highest BCUT2D eigenvalue weighted by atomic mass is 79.9. The molecule has 0 radical (unpaired) electrons. The number of ether oxygens (including phenoxy) is 1. The maximum absolute atomic E-state index is 8.71. The Kier molecular flexibility index (Phi) is 3.54. The molecule has 1 fully saturated rings. The van der Waals surface area contributed by atoms with E-state index in [9.17, 15) is 0 Å². The maximum atomic E-state index is 8.71. The minimum absolute atomic E-state index is 0.0387. The van der Waals surface area contributed by atoms with Crippen molar-refractivity contribution in [1.82, 2.24) is 0 Å². The van der Waals surface area contributed by atoms with Crippen molar-refractivity contribution >= 4 is 21.6 Å². The number of methoxy groups -OCH3 is 1. The van der Waals surface area contributed by atoms with Gasteiger partial charge in [-0.15, -0.1) is 0 Å². The molecule has 0 aromatic heterocycles. The topological polar surface area (TPSA) is 33.1 Å². The molecule has 4 atom stereocenters. The smallest absolute Gasteiger partial charge is 0.0623 e. The number of hydrogen-bond donors (Lipinski definition) is 1. The Morgan fingerprint density at radius 1 is 1.25 bits per heavy atom. The van der Waals surface area contributed by atoms with Gasteiger partial charge in [-0.05, 0) is 48.8 Å². The highest BCUT2D eigenvalue weighted by Crippen LogP contribution is 2.51. The van der Waals surface area contributed by atoms with Crippen molar-refractivity contribution in [3.05, 3.63) is 33.8 Å². The second-order valence-corrected chi connectivity index (χ2v) is 7.61. The zero-order chi connectivity index (χ0) is 14.5. The van der Waals surface area contributed by atoms with Crippen molar-refractivity contribution in [2.24, 2.45) is 17.3 Å². The second kappa shape index (κ2) is 4.96. The summed E-state index contributed by atoms with van der Waals surface area (Å²) >= 11 is 3.53. The van der Waals surface area contributed by atoms with Crippen LogP contribution in [0.4, 0.5) is 0 Å². The standard InChI is InChI=1S/C17H22BrNO/c1-10-7-17(8-11(2)15(10)20-3)9-12-4-5-13(18)6-14(12)16(17)19/h4-6,10-11,15,19H,7-9H2,1-3H3/t10-,11+,15?,17?. The molecule has 0 amide bonds. The van der Waals surface area contributed by atoms with E-state index in [-0.39, 0.29) is 5.41 Å². The summed E-state index contributed by atoms with van der Waals surface area (Å²) < 4.78 is 6.75. The van der Waals surface area contributed by atoms with Crippen LogP contribution < -0.4 is 0 Å². The molecule has 0 saturated heterocycles. The minimum Gasteiger partial charge on any atom is -0.381 e. The van der Waals surface area contributed by atoms with E-state index in [1.807, 2.05) is 7.11 Å². The molecule has 1 aromatic carbocycles. The van der Waals surface area contributed by atoms with Crippen LogP contribution in [0.5, 0.6) is 0 Å². The fourth-order valence-corrected chi connectivity index (χ4v) is 4.96. The lowest BCUT2D eigenvalue weighted by Crippen LogP contribution is -2.44. The van der Waals surface area contributed by atoms with Crippen LogP contribution in [-0.4, -0.2) is 18.9 Å². The van der Waals surface area contributed by atoms with Crippen molar-refractivity contribution in [3.63, 3.8) is 0 Å². The summed E-state index contributed by atoms with van der Waals surface area (Å²) in [6, 6.07) is 6.39. The molecule has 2 aliphatic carbocycles. The first-order valence-electron chi connectivity index (χ1n) is 7.37. The third-order valence-corrected chi connectivity index (χ3v) is 5.71. The van der Waals surface area contributed by atoms with Gasteiger partial charge in [0.15, 0.2) is 0 Å². The van der Waals surface area contributed by atoms with Gasteiger partial charge >= 0.3 is 0 Å². The van der Waals surface area contributed by atoms with E-state index in [1.54, 1.807) is 0 Å². The highest BCUT2D eigenvalue weighted by molar-refractivity contribution is 9.10. The van der Waals surface area contributed by atoms with Crippen LogP contribution in [-0.2, 0) is 11.2 Å². The van der Waals surface area contributed by atoms with Crippen LogP contribution >= 0.6 is 15.9 Å².